The van der Waals surface area contributed by atoms with E-state index in [1.165, 1.54) is 23.9 Å². The van der Waals surface area contributed by atoms with Gasteiger partial charge in [0, 0.05) is 10.8 Å². The molecule has 0 aliphatic carbocycles. The maximum absolute atomic E-state index is 11.7. The van der Waals surface area contributed by atoms with Crippen molar-refractivity contribution in [1.82, 2.24) is 5.32 Å². The van der Waals surface area contributed by atoms with Gasteiger partial charge in [-0.05, 0) is 18.2 Å². The lowest BCUT2D eigenvalue weighted by Gasteiger charge is -2.07. The molecule has 5 nitrogen and oxygen atoms in total. The van der Waals surface area contributed by atoms with Gasteiger partial charge in [-0.25, -0.2) is 0 Å². The van der Waals surface area contributed by atoms with E-state index in [4.69, 9.17) is 23.2 Å². The first-order valence-corrected chi connectivity index (χ1v) is 7.05. The van der Waals surface area contributed by atoms with E-state index in [-0.39, 0.29) is 5.02 Å². The number of benzene rings is 1. The van der Waals surface area contributed by atoms with Crippen LogP contribution in [0.3, 0.4) is 0 Å². The number of amidine groups is 1. The predicted molar refractivity (Wildman–Crippen MR) is 78.0 cm³/mol. The predicted octanol–water partition coefficient (Wildman–Crippen LogP) is 2.15. The van der Waals surface area contributed by atoms with E-state index in [1.807, 2.05) is 0 Å². The molecule has 2 amide bonds. The van der Waals surface area contributed by atoms with Crippen LogP contribution < -0.4 is 10.6 Å². The number of nitrogens with one attached hydrogen (secondary N) is 2. The van der Waals surface area contributed by atoms with E-state index < -0.39 is 11.8 Å². The zero-order valence-electron chi connectivity index (χ0n) is 9.57. The van der Waals surface area contributed by atoms with E-state index in [2.05, 4.69) is 15.6 Å². The monoisotopic (exact) mass is 317 g/mol. The Bertz CT molecular complexity index is 563. The number of rotatable bonds is 1. The number of amides is 2. The Hall–Kier alpha value is -1.24. The molecule has 2 N–H and O–H groups in total. The second-order valence-corrected chi connectivity index (χ2v) is 5.50. The smallest absolute Gasteiger partial charge is 0.315 e. The van der Waals surface area contributed by atoms with Gasteiger partial charge in [0.2, 0.25) is 0 Å². The van der Waals surface area contributed by atoms with E-state index in [1.54, 1.807) is 6.07 Å². The van der Waals surface area contributed by atoms with Gasteiger partial charge in [0.25, 0.3) is 0 Å². The molecule has 19 heavy (non-hydrogen) atoms. The van der Waals surface area contributed by atoms with Gasteiger partial charge in [-0.1, -0.05) is 35.0 Å². The minimum absolute atomic E-state index is 0.265. The number of carbonyl (C=O) groups is 2. The summed E-state index contributed by atoms with van der Waals surface area (Å²) >= 11 is 13.0. The van der Waals surface area contributed by atoms with Crippen LogP contribution in [-0.4, -0.2) is 29.3 Å². The molecule has 0 spiro atoms. The molecule has 0 bridgehead atoms. The molecule has 0 unspecified atom stereocenters. The zero-order chi connectivity index (χ0) is 13.8. The number of anilines is 1. The molecule has 1 aliphatic rings. The van der Waals surface area contributed by atoms with Crippen molar-refractivity contribution in [2.75, 3.05) is 17.6 Å². The van der Waals surface area contributed by atoms with Crippen LogP contribution in [0.5, 0.6) is 0 Å². The van der Waals surface area contributed by atoms with Crippen LogP contribution in [0.4, 0.5) is 5.69 Å². The Morgan fingerprint density at radius 1 is 1.21 bits per heavy atom. The number of thioether (sulfide) groups is 1. The summed E-state index contributed by atoms with van der Waals surface area (Å²) in [6.45, 7) is 0.644. The average molecular weight is 318 g/mol. The normalized spacial score (nSPS) is 13.9. The van der Waals surface area contributed by atoms with Crippen molar-refractivity contribution in [3.8, 4) is 0 Å². The highest BCUT2D eigenvalue weighted by Gasteiger charge is 2.18. The van der Waals surface area contributed by atoms with Gasteiger partial charge in [0.1, 0.15) is 0 Å². The molecule has 0 fully saturated rings. The molecular weight excluding hydrogens is 309 g/mol. The molecule has 0 radical (unpaired) electrons. The fraction of sp³-hybridized carbons (Fsp3) is 0.182. The Labute approximate surface area is 123 Å². The molecule has 0 atom stereocenters. The Kier molecular flexibility index (Phi) is 4.68. The van der Waals surface area contributed by atoms with E-state index in [9.17, 15) is 9.59 Å². The van der Waals surface area contributed by atoms with Crippen LogP contribution in [-0.2, 0) is 9.59 Å². The van der Waals surface area contributed by atoms with Crippen molar-refractivity contribution in [3.63, 3.8) is 0 Å². The zero-order valence-corrected chi connectivity index (χ0v) is 11.9. The van der Waals surface area contributed by atoms with Crippen molar-refractivity contribution in [3.05, 3.63) is 28.2 Å². The highest BCUT2D eigenvalue weighted by molar-refractivity contribution is 8.14. The highest BCUT2D eigenvalue weighted by Crippen LogP contribution is 2.25. The maximum atomic E-state index is 11.7. The van der Waals surface area contributed by atoms with Crippen LogP contribution in [0.25, 0.3) is 0 Å². The van der Waals surface area contributed by atoms with E-state index >= 15 is 0 Å². The quantitative estimate of drug-likeness (QED) is 0.780. The van der Waals surface area contributed by atoms with Crippen molar-refractivity contribution >= 4 is 57.6 Å². The van der Waals surface area contributed by atoms with Crippen LogP contribution in [0, 0.1) is 0 Å². The summed E-state index contributed by atoms with van der Waals surface area (Å²) in [5.74, 6) is -0.779. The van der Waals surface area contributed by atoms with Gasteiger partial charge in [-0.15, -0.1) is 0 Å². The average Bonchev–Trinajstić information content (AvgIpc) is 2.85. The van der Waals surface area contributed by atoms with Gasteiger partial charge in [-0.3, -0.25) is 19.9 Å². The number of hydrogen-bond acceptors (Lipinski definition) is 4. The van der Waals surface area contributed by atoms with Crippen molar-refractivity contribution in [2.24, 2.45) is 4.99 Å². The van der Waals surface area contributed by atoms with Crippen LogP contribution in [0.1, 0.15) is 0 Å². The molecule has 1 aliphatic heterocycles. The Balaban J connectivity index is 1.98. The summed E-state index contributed by atoms with van der Waals surface area (Å²) in [6, 6.07) is 4.57. The van der Waals surface area contributed by atoms with E-state index in [0.29, 0.717) is 22.4 Å². The second-order valence-electron chi connectivity index (χ2n) is 3.57. The lowest BCUT2D eigenvalue weighted by atomic mass is 10.3. The first kappa shape index (κ1) is 14.2. The van der Waals surface area contributed by atoms with Gasteiger partial charge >= 0.3 is 11.8 Å². The molecule has 8 heteroatoms. The summed E-state index contributed by atoms with van der Waals surface area (Å²) in [5, 5.41) is 6.00. The van der Waals surface area contributed by atoms with Crippen LogP contribution in [0.15, 0.2) is 23.2 Å². The lowest BCUT2D eigenvalue weighted by Crippen LogP contribution is -2.37. The molecule has 0 aromatic heterocycles. The fourth-order valence-electron chi connectivity index (χ4n) is 1.33. The molecule has 0 saturated heterocycles. The topological polar surface area (TPSA) is 70.6 Å². The van der Waals surface area contributed by atoms with Crippen molar-refractivity contribution in [2.45, 2.75) is 0 Å². The number of nitrogens with zero attached hydrogens (tertiary/aromatic N) is 1. The van der Waals surface area contributed by atoms with E-state index in [0.717, 1.165) is 5.75 Å². The summed E-state index contributed by atoms with van der Waals surface area (Å²) < 4.78 is 0. The summed E-state index contributed by atoms with van der Waals surface area (Å²) in [6.07, 6.45) is 0. The first-order valence-electron chi connectivity index (χ1n) is 5.31. The summed E-state index contributed by atoms with van der Waals surface area (Å²) in [5.41, 5.74) is 0.326. The molecule has 1 aromatic rings. The minimum atomic E-state index is -0.806. The molecule has 100 valence electrons. The third-order valence-corrected chi connectivity index (χ3v) is 3.63. The van der Waals surface area contributed by atoms with Gasteiger partial charge in [0.05, 0.1) is 17.3 Å². The molecule has 1 heterocycles. The van der Waals surface area contributed by atoms with Gasteiger partial charge in [-0.2, -0.15) is 0 Å². The number of aliphatic imine (C=N–C) groups is 1. The molecule has 1 aromatic carbocycles. The Morgan fingerprint density at radius 3 is 2.58 bits per heavy atom. The van der Waals surface area contributed by atoms with Crippen molar-refractivity contribution < 1.29 is 9.59 Å². The Morgan fingerprint density at radius 2 is 1.95 bits per heavy atom. The maximum Gasteiger partial charge on any atom is 0.315 e. The molecule has 0 saturated carbocycles. The number of carbonyl (C=O) groups excluding carboxylic acids is 2. The van der Waals surface area contributed by atoms with Crippen molar-refractivity contribution in [1.29, 1.82) is 0 Å². The van der Waals surface area contributed by atoms with Gasteiger partial charge in [0.15, 0.2) is 5.17 Å². The lowest BCUT2D eigenvalue weighted by molar-refractivity contribution is -0.135. The highest BCUT2D eigenvalue weighted by atomic mass is 35.5. The SMILES string of the molecule is O=C(NC1=NCCS1)C(=O)Nc1ccc(Cl)cc1Cl. The summed E-state index contributed by atoms with van der Waals surface area (Å²) in [7, 11) is 0. The number of halogens is 2. The van der Waals surface area contributed by atoms with Crippen LogP contribution in [0.2, 0.25) is 10.0 Å². The minimum Gasteiger partial charge on any atom is -0.316 e. The fourth-order valence-corrected chi connectivity index (χ4v) is 2.51. The second kappa shape index (κ2) is 6.27. The first-order chi connectivity index (χ1) is 9.06. The standard InChI is InChI=1S/C11H9Cl2N3O2S/c12-6-1-2-8(7(13)5-6)15-9(17)10(18)16-11-14-3-4-19-11/h1-2,5H,3-4H2,(H,15,17)(H,14,16,18). The third-order valence-electron chi connectivity index (χ3n) is 2.19. The molecular formula is C11H9Cl2N3O2S. The van der Waals surface area contributed by atoms with Crippen LogP contribution >= 0.6 is 35.0 Å². The largest absolute Gasteiger partial charge is 0.316 e. The number of hydrogen-bond donors (Lipinski definition) is 2. The molecule has 2 rings (SSSR count). The van der Waals surface area contributed by atoms with Gasteiger partial charge < -0.3 is 5.32 Å². The summed E-state index contributed by atoms with van der Waals surface area (Å²) in [4.78, 5) is 27.3. The third kappa shape index (κ3) is 3.86.